The molecule has 0 aliphatic heterocycles. The lowest BCUT2D eigenvalue weighted by molar-refractivity contribution is 0.291. The molecule has 1 fully saturated rings. The topological polar surface area (TPSA) is 72.0 Å². The summed E-state index contributed by atoms with van der Waals surface area (Å²) in [5.74, 6) is 1.84. The van der Waals surface area contributed by atoms with Crippen LogP contribution in [0, 0.1) is 5.92 Å². The van der Waals surface area contributed by atoms with Gasteiger partial charge < -0.3 is 15.4 Å². The highest BCUT2D eigenvalue weighted by Crippen LogP contribution is 2.26. The second kappa shape index (κ2) is 8.00. The van der Waals surface area contributed by atoms with Gasteiger partial charge in [-0.25, -0.2) is 0 Å². The molecule has 6 nitrogen and oxygen atoms in total. The van der Waals surface area contributed by atoms with Crippen LogP contribution in [0.3, 0.4) is 0 Å². The Labute approximate surface area is 127 Å². The Hall–Kier alpha value is -1.59. The van der Waals surface area contributed by atoms with Crippen LogP contribution in [-0.4, -0.2) is 34.1 Å². The molecule has 0 bridgehead atoms. The van der Waals surface area contributed by atoms with Gasteiger partial charge in [-0.3, -0.25) is 0 Å². The summed E-state index contributed by atoms with van der Waals surface area (Å²) in [7, 11) is 0. The minimum absolute atomic E-state index is 0.397. The second-order valence-corrected chi connectivity index (χ2v) is 5.66. The minimum Gasteiger partial charge on any atom is -0.463 e. The van der Waals surface area contributed by atoms with Crippen LogP contribution in [0.5, 0.6) is 6.01 Å². The van der Waals surface area contributed by atoms with Crippen LogP contribution in [-0.2, 0) is 0 Å². The van der Waals surface area contributed by atoms with Gasteiger partial charge in [0.2, 0.25) is 11.9 Å². The van der Waals surface area contributed by atoms with E-state index in [1.807, 2.05) is 6.92 Å². The first-order chi connectivity index (χ1) is 10.2. The van der Waals surface area contributed by atoms with Crippen LogP contribution in [0.1, 0.15) is 52.9 Å². The van der Waals surface area contributed by atoms with E-state index in [2.05, 4.69) is 39.4 Å². The van der Waals surface area contributed by atoms with Crippen molar-refractivity contribution in [3.8, 4) is 6.01 Å². The fraction of sp³-hybridized carbons (Fsp3) is 0.800. The smallest absolute Gasteiger partial charge is 0.323 e. The third-order valence-electron chi connectivity index (χ3n) is 3.81. The highest BCUT2D eigenvalue weighted by atomic mass is 16.5. The molecule has 2 atom stereocenters. The number of nitrogens with zero attached hydrogens (tertiary/aromatic N) is 3. The molecule has 1 aromatic heterocycles. The molecule has 21 heavy (non-hydrogen) atoms. The molecular weight excluding hydrogens is 266 g/mol. The number of hydrogen-bond donors (Lipinski definition) is 2. The summed E-state index contributed by atoms with van der Waals surface area (Å²) in [6, 6.07) is 0.836. The third-order valence-corrected chi connectivity index (χ3v) is 3.81. The van der Waals surface area contributed by atoms with Crippen LogP contribution in [0.4, 0.5) is 11.9 Å². The molecule has 0 spiro atoms. The molecule has 0 saturated heterocycles. The van der Waals surface area contributed by atoms with Crippen LogP contribution >= 0.6 is 0 Å². The van der Waals surface area contributed by atoms with Crippen molar-refractivity contribution in [2.45, 2.75) is 58.9 Å². The van der Waals surface area contributed by atoms with Crippen LogP contribution in [0.2, 0.25) is 0 Å². The van der Waals surface area contributed by atoms with Crippen molar-refractivity contribution in [2.75, 3.05) is 23.8 Å². The molecule has 2 unspecified atom stereocenters. The first kappa shape index (κ1) is 15.8. The van der Waals surface area contributed by atoms with Crippen LogP contribution in [0.15, 0.2) is 0 Å². The van der Waals surface area contributed by atoms with E-state index >= 15 is 0 Å². The standard InChI is InChI=1S/C15H27N5O/c1-4-10-21-15-19-13(16-5-2)18-14(20-15)17-12-9-7-6-8-11(12)3/h11-12H,4-10H2,1-3H3,(H2,16,17,18,19,20). The first-order valence-corrected chi connectivity index (χ1v) is 8.12. The maximum absolute atomic E-state index is 5.56. The lowest BCUT2D eigenvalue weighted by Crippen LogP contribution is -2.31. The van der Waals surface area contributed by atoms with E-state index in [9.17, 15) is 0 Å². The molecule has 1 aliphatic rings. The summed E-state index contributed by atoms with van der Waals surface area (Å²) in [5, 5.41) is 6.60. The Bertz CT molecular complexity index is 440. The zero-order valence-corrected chi connectivity index (χ0v) is 13.4. The molecule has 1 heterocycles. The van der Waals surface area contributed by atoms with Gasteiger partial charge in [-0.05, 0) is 32.1 Å². The highest BCUT2D eigenvalue weighted by Gasteiger charge is 2.22. The number of hydrogen-bond acceptors (Lipinski definition) is 6. The monoisotopic (exact) mass is 293 g/mol. The van der Waals surface area contributed by atoms with Crippen molar-refractivity contribution >= 4 is 11.9 Å². The number of nitrogens with one attached hydrogen (secondary N) is 2. The van der Waals surface area contributed by atoms with Crippen molar-refractivity contribution in [3.63, 3.8) is 0 Å². The van der Waals surface area contributed by atoms with Crippen molar-refractivity contribution in [2.24, 2.45) is 5.92 Å². The van der Waals surface area contributed by atoms with E-state index < -0.39 is 0 Å². The first-order valence-electron chi connectivity index (χ1n) is 8.12. The molecule has 1 aliphatic carbocycles. The molecule has 0 aromatic carbocycles. The van der Waals surface area contributed by atoms with Crippen LogP contribution in [0.25, 0.3) is 0 Å². The molecular formula is C15H27N5O. The normalized spacial score (nSPS) is 21.9. The fourth-order valence-electron chi connectivity index (χ4n) is 2.61. The van der Waals surface area contributed by atoms with Gasteiger partial charge in [-0.15, -0.1) is 0 Å². The quantitative estimate of drug-likeness (QED) is 0.805. The van der Waals surface area contributed by atoms with Gasteiger partial charge >= 0.3 is 6.01 Å². The van der Waals surface area contributed by atoms with Crippen molar-refractivity contribution in [1.29, 1.82) is 0 Å². The highest BCUT2D eigenvalue weighted by molar-refractivity contribution is 5.36. The Kier molecular flexibility index (Phi) is 6.02. The van der Waals surface area contributed by atoms with E-state index in [4.69, 9.17) is 4.74 Å². The van der Waals surface area contributed by atoms with E-state index in [0.29, 0.717) is 36.5 Å². The predicted octanol–water partition coefficient (Wildman–Crippen LogP) is 3.08. The summed E-state index contributed by atoms with van der Waals surface area (Å²) < 4.78 is 5.56. The van der Waals surface area contributed by atoms with E-state index in [1.165, 1.54) is 25.7 Å². The molecule has 2 rings (SSSR count). The van der Waals surface area contributed by atoms with E-state index in [-0.39, 0.29) is 0 Å². The summed E-state index contributed by atoms with van der Waals surface area (Å²) in [5.41, 5.74) is 0. The molecule has 6 heteroatoms. The molecule has 0 radical (unpaired) electrons. The molecule has 118 valence electrons. The summed E-state index contributed by atoms with van der Waals surface area (Å²) >= 11 is 0. The lowest BCUT2D eigenvalue weighted by Gasteiger charge is -2.29. The van der Waals surface area contributed by atoms with Crippen molar-refractivity contribution in [3.05, 3.63) is 0 Å². The maximum atomic E-state index is 5.56. The van der Waals surface area contributed by atoms with Gasteiger partial charge in [0.1, 0.15) is 0 Å². The number of aromatic nitrogens is 3. The molecule has 0 amide bonds. The molecule has 1 aromatic rings. The zero-order valence-electron chi connectivity index (χ0n) is 13.4. The van der Waals surface area contributed by atoms with Crippen LogP contribution < -0.4 is 15.4 Å². The Morgan fingerprint density at radius 2 is 1.86 bits per heavy atom. The maximum Gasteiger partial charge on any atom is 0.323 e. The average Bonchev–Trinajstić information content (AvgIpc) is 2.48. The number of rotatable bonds is 7. The molecule has 2 N–H and O–H groups in total. The lowest BCUT2D eigenvalue weighted by atomic mass is 9.86. The zero-order chi connectivity index (χ0) is 15.1. The number of ether oxygens (including phenoxy) is 1. The number of anilines is 2. The van der Waals surface area contributed by atoms with Crippen molar-refractivity contribution in [1.82, 2.24) is 15.0 Å². The van der Waals surface area contributed by atoms with E-state index in [0.717, 1.165) is 13.0 Å². The fourth-order valence-corrected chi connectivity index (χ4v) is 2.61. The van der Waals surface area contributed by atoms with Gasteiger partial charge in [0, 0.05) is 12.6 Å². The Morgan fingerprint density at radius 3 is 2.57 bits per heavy atom. The van der Waals surface area contributed by atoms with Gasteiger partial charge in [-0.1, -0.05) is 26.7 Å². The van der Waals surface area contributed by atoms with Gasteiger partial charge in [-0.2, -0.15) is 15.0 Å². The summed E-state index contributed by atoms with van der Waals surface area (Å²) in [6.07, 6.45) is 5.97. The average molecular weight is 293 g/mol. The minimum atomic E-state index is 0.397. The van der Waals surface area contributed by atoms with Crippen molar-refractivity contribution < 1.29 is 4.74 Å². The van der Waals surface area contributed by atoms with E-state index in [1.54, 1.807) is 0 Å². The van der Waals surface area contributed by atoms with Gasteiger partial charge in [0.15, 0.2) is 0 Å². The van der Waals surface area contributed by atoms with Gasteiger partial charge in [0.25, 0.3) is 0 Å². The molecule has 1 saturated carbocycles. The Balaban J connectivity index is 2.10. The Morgan fingerprint density at radius 1 is 1.10 bits per heavy atom. The SMILES string of the molecule is CCCOc1nc(NCC)nc(NC2CCCCC2C)n1. The van der Waals surface area contributed by atoms with Gasteiger partial charge in [0.05, 0.1) is 6.61 Å². The summed E-state index contributed by atoms with van der Waals surface area (Å²) in [4.78, 5) is 13.1. The summed E-state index contributed by atoms with van der Waals surface area (Å²) in [6.45, 7) is 7.77. The largest absolute Gasteiger partial charge is 0.463 e. The third kappa shape index (κ3) is 4.72. The second-order valence-electron chi connectivity index (χ2n) is 5.66. The predicted molar refractivity (Wildman–Crippen MR) is 84.8 cm³/mol.